The highest BCUT2D eigenvalue weighted by Crippen LogP contribution is 2.27. The van der Waals surface area contributed by atoms with Crippen molar-refractivity contribution < 1.29 is 4.42 Å². The largest absolute Gasteiger partial charge is 0.452 e. The van der Waals surface area contributed by atoms with Gasteiger partial charge in [0, 0.05) is 6.54 Å². The first-order valence-electron chi connectivity index (χ1n) is 5.47. The molecule has 1 heterocycles. The van der Waals surface area contributed by atoms with Gasteiger partial charge in [-0.25, -0.2) is 0 Å². The first-order chi connectivity index (χ1) is 7.33. The maximum absolute atomic E-state index is 5.50. The second-order valence-corrected chi connectivity index (χ2v) is 6.66. The Balaban J connectivity index is 2.41. The Morgan fingerprint density at radius 3 is 2.44 bits per heavy atom. The van der Waals surface area contributed by atoms with Gasteiger partial charge in [0.1, 0.15) is 5.76 Å². The van der Waals surface area contributed by atoms with Crippen molar-refractivity contribution in [1.29, 1.82) is 0 Å². The summed E-state index contributed by atoms with van der Waals surface area (Å²) in [5, 5.41) is 3.43. The van der Waals surface area contributed by atoms with Crippen LogP contribution >= 0.6 is 31.9 Å². The van der Waals surface area contributed by atoms with Gasteiger partial charge in [0.15, 0.2) is 4.67 Å². The maximum Gasteiger partial charge on any atom is 0.183 e. The minimum absolute atomic E-state index is 0.307. The van der Waals surface area contributed by atoms with Gasteiger partial charge >= 0.3 is 0 Å². The summed E-state index contributed by atoms with van der Waals surface area (Å²) in [6, 6.07) is 1.99. The number of hydrogen-bond acceptors (Lipinski definition) is 2. The normalized spacial score (nSPS) is 12.4. The molecule has 1 aromatic heterocycles. The lowest BCUT2D eigenvalue weighted by Crippen LogP contribution is -2.33. The monoisotopic (exact) mass is 351 g/mol. The highest BCUT2D eigenvalue weighted by Gasteiger charge is 2.21. The third-order valence-corrected chi connectivity index (χ3v) is 4.85. The summed E-state index contributed by atoms with van der Waals surface area (Å²) in [7, 11) is 0. The summed E-state index contributed by atoms with van der Waals surface area (Å²) >= 11 is 6.73. The Kier molecular flexibility index (Phi) is 5.08. The molecule has 0 spiro atoms. The van der Waals surface area contributed by atoms with Crippen molar-refractivity contribution in [3.8, 4) is 0 Å². The van der Waals surface area contributed by atoms with E-state index >= 15 is 0 Å². The van der Waals surface area contributed by atoms with Gasteiger partial charge in [-0.05, 0) is 49.3 Å². The van der Waals surface area contributed by atoms with Crippen LogP contribution in [0.4, 0.5) is 0 Å². The summed E-state index contributed by atoms with van der Waals surface area (Å²) in [6.45, 7) is 10.8. The van der Waals surface area contributed by atoms with E-state index in [4.69, 9.17) is 4.42 Å². The highest BCUT2D eigenvalue weighted by atomic mass is 79.9. The van der Waals surface area contributed by atoms with Crippen molar-refractivity contribution in [2.45, 2.75) is 34.2 Å². The minimum Gasteiger partial charge on any atom is -0.452 e. The van der Waals surface area contributed by atoms with Crippen LogP contribution in [0.2, 0.25) is 0 Å². The molecule has 0 fully saturated rings. The molecule has 0 aliphatic rings. The van der Waals surface area contributed by atoms with Gasteiger partial charge in [-0.1, -0.05) is 27.7 Å². The SMILES string of the molecule is CC(C)C(C)(C)CNCc1cc(Br)c(Br)o1. The maximum atomic E-state index is 5.50. The molecular formula is C12H19Br2NO. The molecule has 1 rings (SSSR count). The van der Waals surface area contributed by atoms with Gasteiger partial charge in [-0.3, -0.25) is 0 Å². The van der Waals surface area contributed by atoms with E-state index in [0.29, 0.717) is 11.3 Å². The van der Waals surface area contributed by atoms with Crippen LogP contribution in [0, 0.1) is 11.3 Å². The van der Waals surface area contributed by atoms with Crippen LogP contribution in [-0.2, 0) is 6.54 Å². The fourth-order valence-electron chi connectivity index (χ4n) is 1.19. The third kappa shape index (κ3) is 3.90. The summed E-state index contributed by atoms with van der Waals surface area (Å²) in [6.07, 6.45) is 0. The van der Waals surface area contributed by atoms with E-state index in [9.17, 15) is 0 Å². The number of furan rings is 1. The van der Waals surface area contributed by atoms with E-state index in [1.165, 1.54) is 0 Å². The fourth-order valence-corrected chi connectivity index (χ4v) is 1.85. The van der Waals surface area contributed by atoms with E-state index in [0.717, 1.165) is 28.0 Å². The number of halogens is 2. The molecule has 0 aliphatic heterocycles. The molecule has 92 valence electrons. The van der Waals surface area contributed by atoms with Crippen LogP contribution in [0.15, 0.2) is 19.6 Å². The smallest absolute Gasteiger partial charge is 0.183 e. The van der Waals surface area contributed by atoms with Crippen molar-refractivity contribution in [2.75, 3.05) is 6.54 Å². The minimum atomic E-state index is 0.307. The molecule has 2 nitrogen and oxygen atoms in total. The first-order valence-corrected chi connectivity index (χ1v) is 7.06. The zero-order valence-electron chi connectivity index (χ0n) is 10.2. The molecule has 0 aliphatic carbocycles. The molecular weight excluding hydrogens is 334 g/mol. The Morgan fingerprint density at radius 1 is 1.38 bits per heavy atom. The zero-order valence-corrected chi connectivity index (χ0v) is 13.4. The molecule has 0 aromatic carbocycles. The van der Waals surface area contributed by atoms with Crippen LogP contribution in [0.1, 0.15) is 33.5 Å². The molecule has 0 bridgehead atoms. The van der Waals surface area contributed by atoms with Gasteiger partial charge in [-0.15, -0.1) is 0 Å². The molecule has 0 radical (unpaired) electrons. The Bertz CT molecular complexity index is 325. The van der Waals surface area contributed by atoms with Crippen LogP contribution in [0.25, 0.3) is 0 Å². The Hall–Kier alpha value is 0.200. The molecule has 4 heteroatoms. The van der Waals surface area contributed by atoms with E-state index in [1.807, 2.05) is 6.07 Å². The zero-order chi connectivity index (χ0) is 12.3. The van der Waals surface area contributed by atoms with Crippen LogP contribution in [0.5, 0.6) is 0 Å². The van der Waals surface area contributed by atoms with E-state index < -0.39 is 0 Å². The van der Waals surface area contributed by atoms with E-state index in [-0.39, 0.29) is 0 Å². The third-order valence-electron chi connectivity index (χ3n) is 3.14. The van der Waals surface area contributed by atoms with Crippen molar-refractivity contribution in [1.82, 2.24) is 5.32 Å². The van der Waals surface area contributed by atoms with Crippen molar-refractivity contribution >= 4 is 31.9 Å². The topological polar surface area (TPSA) is 25.2 Å². The molecule has 1 N–H and O–H groups in total. The molecule has 1 aromatic rings. The quantitative estimate of drug-likeness (QED) is 0.839. The lowest BCUT2D eigenvalue weighted by molar-refractivity contribution is 0.235. The van der Waals surface area contributed by atoms with Crippen molar-refractivity contribution in [3.05, 3.63) is 21.0 Å². The van der Waals surface area contributed by atoms with Gasteiger partial charge in [0.05, 0.1) is 11.0 Å². The molecule has 0 saturated carbocycles. The standard InChI is InChI=1S/C12H19Br2NO/c1-8(2)12(3,4)7-15-6-9-5-10(13)11(14)16-9/h5,8,15H,6-7H2,1-4H3. The summed E-state index contributed by atoms with van der Waals surface area (Å²) in [4.78, 5) is 0. The molecule has 0 saturated heterocycles. The van der Waals surface area contributed by atoms with Crippen molar-refractivity contribution in [2.24, 2.45) is 11.3 Å². The Labute approximate surface area is 114 Å². The highest BCUT2D eigenvalue weighted by molar-refractivity contribution is 9.13. The molecule has 0 unspecified atom stereocenters. The van der Waals surface area contributed by atoms with Gasteiger partial charge in [-0.2, -0.15) is 0 Å². The number of hydrogen-bond donors (Lipinski definition) is 1. The van der Waals surface area contributed by atoms with Gasteiger partial charge in [0.25, 0.3) is 0 Å². The molecule has 16 heavy (non-hydrogen) atoms. The summed E-state index contributed by atoms with van der Waals surface area (Å²) in [5.41, 5.74) is 0.307. The lowest BCUT2D eigenvalue weighted by Gasteiger charge is -2.29. The predicted molar refractivity (Wildman–Crippen MR) is 74.4 cm³/mol. The lowest BCUT2D eigenvalue weighted by atomic mass is 9.81. The van der Waals surface area contributed by atoms with E-state index in [1.54, 1.807) is 0 Å². The Morgan fingerprint density at radius 2 is 2.00 bits per heavy atom. The molecule has 0 amide bonds. The second kappa shape index (κ2) is 5.69. The number of rotatable bonds is 5. The summed E-state index contributed by atoms with van der Waals surface area (Å²) < 4.78 is 7.22. The van der Waals surface area contributed by atoms with E-state index in [2.05, 4.69) is 64.9 Å². The average molecular weight is 353 g/mol. The second-order valence-electron chi connectivity index (χ2n) is 5.08. The number of nitrogens with one attached hydrogen (secondary N) is 1. The summed E-state index contributed by atoms with van der Waals surface area (Å²) in [5.74, 6) is 1.60. The van der Waals surface area contributed by atoms with Crippen LogP contribution in [-0.4, -0.2) is 6.54 Å². The van der Waals surface area contributed by atoms with Gasteiger partial charge < -0.3 is 9.73 Å². The van der Waals surface area contributed by atoms with Crippen LogP contribution in [0.3, 0.4) is 0 Å². The molecule has 0 atom stereocenters. The first kappa shape index (κ1) is 14.3. The van der Waals surface area contributed by atoms with Gasteiger partial charge in [0.2, 0.25) is 0 Å². The van der Waals surface area contributed by atoms with Crippen molar-refractivity contribution in [3.63, 3.8) is 0 Å². The fraction of sp³-hybridized carbons (Fsp3) is 0.667. The van der Waals surface area contributed by atoms with Crippen LogP contribution < -0.4 is 5.32 Å². The predicted octanol–water partition coefficient (Wildman–Crippen LogP) is 4.58. The average Bonchev–Trinajstić information content (AvgIpc) is 2.45.